The number of thioether (sulfide) groups is 1. The van der Waals surface area contributed by atoms with Crippen molar-refractivity contribution in [3.63, 3.8) is 0 Å². The molecule has 1 heterocycles. The molecule has 0 aliphatic rings. The van der Waals surface area contributed by atoms with Crippen LogP contribution in [-0.4, -0.2) is 10.7 Å². The number of benzene rings is 2. The van der Waals surface area contributed by atoms with Crippen molar-refractivity contribution in [3.8, 4) is 11.3 Å². The number of nitrogens with one attached hydrogen (secondary N) is 1. The lowest BCUT2D eigenvalue weighted by atomic mass is 10.2. The predicted molar refractivity (Wildman–Crippen MR) is 89.1 cm³/mol. The summed E-state index contributed by atoms with van der Waals surface area (Å²) < 4.78 is 24.6. The fourth-order valence-corrected chi connectivity index (χ4v) is 3.15. The van der Waals surface area contributed by atoms with Crippen LogP contribution in [0.1, 0.15) is 0 Å². The van der Waals surface area contributed by atoms with Gasteiger partial charge in [-0.05, 0) is 24.3 Å². The van der Waals surface area contributed by atoms with E-state index >= 15 is 0 Å². The van der Waals surface area contributed by atoms with Crippen LogP contribution in [0.15, 0.2) is 64.9 Å². The fraction of sp³-hybridized carbons (Fsp3) is 0.0625. The zero-order chi connectivity index (χ0) is 15.4. The Bertz CT molecular complexity index is 727. The first kappa shape index (κ1) is 15.0. The number of alkyl halides is 2. The summed E-state index contributed by atoms with van der Waals surface area (Å²) in [7, 11) is 0. The molecule has 2 nitrogen and oxygen atoms in total. The second-order valence-electron chi connectivity index (χ2n) is 4.43. The molecule has 0 spiro atoms. The Morgan fingerprint density at radius 1 is 1.00 bits per heavy atom. The van der Waals surface area contributed by atoms with Gasteiger partial charge in [-0.1, -0.05) is 42.1 Å². The second-order valence-corrected chi connectivity index (χ2v) is 6.35. The van der Waals surface area contributed by atoms with Crippen LogP contribution in [0.25, 0.3) is 11.3 Å². The second kappa shape index (κ2) is 6.89. The van der Waals surface area contributed by atoms with E-state index in [0.717, 1.165) is 22.1 Å². The van der Waals surface area contributed by atoms with Crippen molar-refractivity contribution in [1.29, 1.82) is 0 Å². The van der Waals surface area contributed by atoms with Gasteiger partial charge in [0.05, 0.1) is 5.69 Å². The molecule has 112 valence electrons. The maximum absolute atomic E-state index is 12.3. The third-order valence-electron chi connectivity index (χ3n) is 2.90. The van der Waals surface area contributed by atoms with Crippen molar-refractivity contribution >= 4 is 33.9 Å². The van der Waals surface area contributed by atoms with Crippen LogP contribution < -0.4 is 5.32 Å². The van der Waals surface area contributed by atoms with Gasteiger partial charge in [0.15, 0.2) is 5.13 Å². The molecule has 0 aliphatic heterocycles. The Labute approximate surface area is 135 Å². The minimum Gasteiger partial charge on any atom is -0.332 e. The predicted octanol–water partition coefficient (Wildman–Crippen LogP) is 5.87. The van der Waals surface area contributed by atoms with Crippen molar-refractivity contribution in [2.24, 2.45) is 0 Å². The summed E-state index contributed by atoms with van der Waals surface area (Å²) in [5, 5.41) is 5.98. The molecule has 0 amide bonds. The number of anilines is 2. The van der Waals surface area contributed by atoms with Crippen molar-refractivity contribution in [3.05, 3.63) is 60.0 Å². The molecule has 0 saturated carbocycles. The third-order valence-corrected chi connectivity index (χ3v) is 4.38. The lowest BCUT2D eigenvalue weighted by Crippen LogP contribution is -1.88. The van der Waals surface area contributed by atoms with Crippen molar-refractivity contribution in [2.45, 2.75) is 10.7 Å². The third kappa shape index (κ3) is 3.84. The highest BCUT2D eigenvalue weighted by Crippen LogP contribution is 2.30. The maximum atomic E-state index is 12.3. The molecule has 0 saturated heterocycles. The fourth-order valence-electron chi connectivity index (χ4n) is 1.92. The summed E-state index contributed by atoms with van der Waals surface area (Å²) in [6.45, 7) is 0. The van der Waals surface area contributed by atoms with Crippen LogP contribution in [0, 0.1) is 0 Å². The van der Waals surface area contributed by atoms with Gasteiger partial charge in [-0.2, -0.15) is 8.78 Å². The highest BCUT2D eigenvalue weighted by Gasteiger charge is 2.07. The van der Waals surface area contributed by atoms with Crippen LogP contribution in [0.5, 0.6) is 0 Å². The van der Waals surface area contributed by atoms with Gasteiger partial charge in [0.25, 0.3) is 5.76 Å². The number of halogens is 2. The number of nitrogens with zero attached hydrogens (tertiary/aromatic N) is 1. The molecule has 0 aliphatic carbocycles. The van der Waals surface area contributed by atoms with E-state index in [4.69, 9.17) is 0 Å². The van der Waals surface area contributed by atoms with Gasteiger partial charge in [-0.25, -0.2) is 4.98 Å². The van der Waals surface area contributed by atoms with E-state index in [1.165, 1.54) is 11.3 Å². The summed E-state index contributed by atoms with van der Waals surface area (Å²) in [6, 6.07) is 16.8. The van der Waals surface area contributed by atoms with Crippen LogP contribution in [0.2, 0.25) is 0 Å². The zero-order valence-corrected chi connectivity index (χ0v) is 13.0. The van der Waals surface area contributed by atoms with Crippen LogP contribution in [0.4, 0.5) is 19.6 Å². The lowest BCUT2D eigenvalue weighted by Gasteiger charge is -2.02. The monoisotopic (exact) mass is 334 g/mol. The Morgan fingerprint density at radius 3 is 2.41 bits per heavy atom. The number of hydrogen-bond acceptors (Lipinski definition) is 4. The van der Waals surface area contributed by atoms with Crippen molar-refractivity contribution in [1.82, 2.24) is 4.98 Å². The van der Waals surface area contributed by atoms with Gasteiger partial charge < -0.3 is 5.32 Å². The van der Waals surface area contributed by atoms with Crippen molar-refractivity contribution < 1.29 is 8.78 Å². The Hall–Kier alpha value is -1.92. The first-order valence-corrected chi connectivity index (χ1v) is 8.29. The summed E-state index contributed by atoms with van der Waals surface area (Å²) in [4.78, 5) is 5.07. The van der Waals surface area contributed by atoms with Crippen LogP contribution in [-0.2, 0) is 0 Å². The molecule has 22 heavy (non-hydrogen) atoms. The number of thiazole rings is 1. The van der Waals surface area contributed by atoms with Gasteiger partial charge in [0.2, 0.25) is 0 Å². The Morgan fingerprint density at radius 2 is 1.73 bits per heavy atom. The molecule has 2 aromatic carbocycles. The van der Waals surface area contributed by atoms with Gasteiger partial charge in [0.1, 0.15) is 0 Å². The molecular weight excluding hydrogens is 322 g/mol. The minimum absolute atomic E-state index is 0.546. The number of rotatable bonds is 5. The molecule has 3 rings (SSSR count). The molecule has 1 N–H and O–H groups in total. The van der Waals surface area contributed by atoms with E-state index in [9.17, 15) is 8.78 Å². The van der Waals surface area contributed by atoms with Crippen molar-refractivity contribution in [2.75, 3.05) is 5.32 Å². The molecule has 1 aromatic heterocycles. The van der Waals surface area contributed by atoms with E-state index in [1.807, 2.05) is 47.8 Å². The topological polar surface area (TPSA) is 24.9 Å². The van der Waals surface area contributed by atoms with E-state index in [-0.39, 0.29) is 0 Å². The van der Waals surface area contributed by atoms with Gasteiger partial charge in [-0.3, -0.25) is 0 Å². The van der Waals surface area contributed by atoms with E-state index in [0.29, 0.717) is 16.7 Å². The molecule has 0 atom stereocenters. The molecule has 0 fully saturated rings. The lowest BCUT2D eigenvalue weighted by molar-refractivity contribution is 0.252. The maximum Gasteiger partial charge on any atom is 0.288 e. The quantitative estimate of drug-likeness (QED) is 0.591. The minimum atomic E-state index is -2.40. The summed E-state index contributed by atoms with van der Waals surface area (Å²) in [6.07, 6.45) is 0. The smallest absolute Gasteiger partial charge is 0.288 e. The molecule has 0 unspecified atom stereocenters. The first-order valence-electron chi connectivity index (χ1n) is 6.53. The normalized spacial score (nSPS) is 10.9. The summed E-state index contributed by atoms with van der Waals surface area (Å²) in [5.74, 6) is -2.40. The van der Waals surface area contributed by atoms with Gasteiger partial charge in [-0.15, -0.1) is 11.3 Å². The SMILES string of the molecule is FC(F)Sc1ccc(-c2csc(Nc3ccccc3)n2)cc1. The number of hydrogen-bond donors (Lipinski definition) is 1. The largest absolute Gasteiger partial charge is 0.332 e. The van der Waals surface area contributed by atoms with E-state index in [1.54, 1.807) is 12.1 Å². The van der Waals surface area contributed by atoms with Gasteiger partial charge in [0, 0.05) is 21.5 Å². The van der Waals surface area contributed by atoms with E-state index < -0.39 is 5.76 Å². The molecule has 0 bridgehead atoms. The average Bonchev–Trinajstić information content (AvgIpc) is 2.97. The number of aromatic nitrogens is 1. The zero-order valence-electron chi connectivity index (χ0n) is 11.4. The first-order chi connectivity index (χ1) is 10.7. The Balaban J connectivity index is 1.73. The molecule has 3 aromatic rings. The Kier molecular flexibility index (Phi) is 4.70. The highest BCUT2D eigenvalue weighted by molar-refractivity contribution is 7.99. The van der Waals surface area contributed by atoms with Crippen LogP contribution in [0.3, 0.4) is 0 Å². The van der Waals surface area contributed by atoms with Crippen LogP contribution >= 0.6 is 23.1 Å². The summed E-state index contributed by atoms with van der Waals surface area (Å²) in [5.41, 5.74) is 2.72. The average molecular weight is 334 g/mol. The standard InChI is InChI=1S/C16H12F2N2S2/c17-15(18)22-13-8-6-11(7-9-13)14-10-21-16(20-14)19-12-4-2-1-3-5-12/h1-10,15H,(H,19,20). The summed E-state index contributed by atoms with van der Waals surface area (Å²) >= 11 is 2.05. The molecule has 6 heteroatoms. The number of para-hydroxylation sites is 1. The molecule has 0 radical (unpaired) electrons. The van der Waals surface area contributed by atoms with E-state index in [2.05, 4.69) is 10.3 Å². The molecular formula is C16H12F2N2S2. The van der Waals surface area contributed by atoms with Gasteiger partial charge >= 0.3 is 0 Å². The highest BCUT2D eigenvalue weighted by atomic mass is 32.2.